The van der Waals surface area contributed by atoms with E-state index in [2.05, 4.69) is 10.3 Å². The molecule has 0 amide bonds. The lowest BCUT2D eigenvalue weighted by atomic mass is 10.2. The fourth-order valence-corrected chi connectivity index (χ4v) is 2.18. The van der Waals surface area contributed by atoms with Crippen LogP contribution in [0.4, 0.5) is 19.6 Å². The first kappa shape index (κ1) is 13.4. The van der Waals surface area contributed by atoms with E-state index in [-0.39, 0.29) is 12.1 Å². The van der Waals surface area contributed by atoms with E-state index in [1.807, 2.05) is 0 Å². The number of nitrogens with zero attached hydrogens (tertiary/aromatic N) is 1. The number of rotatable bonds is 5. The molecule has 0 aliphatic heterocycles. The lowest BCUT2D eigenvalue weighted by Gasteiger charge is -2.03. The number of carboxylic acids is 1. The summed E-state index contributed by atoms with van der Waals surface area (Å²) < 4.78 is 26.1. The predicted molar refractivity (Wildman–Crippen MR) is 67.7 cm³/mol. The molecule has 0 aliphatic rings. The summed E-state index contributed by atoms with van der Waals surface area (Å²) in [5.41, 5.74) is 0.748. The summed E-state index contributed by atoms with van der Waals surface area (Å²) in [7, 11) is 0. The van der Waals surface area contributed by atoms with Crippen molar-refractivity contribution in [1.82, 2.24) is 4.98 Å². The van der Waals surface area contributed by atoms with Crippen LogP contribution in [-0.4, -0.2) is 16.1 Å². The molecule has 0 spiro atoms. The highest BCUT2D eigenvalue weighted by molar-refractivity contribution is 7.13. The maximum absolute atomic E-state index is 13.4. The minimum atomic E-state index is -0.896. The van der Waals surface area contributed by atoms with Gasteiger partial charge in [-0.25, -0.2) is 13.8 Å². The highest BCUT2D eigenvalue weighted by Gasteiger charge is 2.08. The normalized spacial score (nSPS) is 10.4. The molecule has 0 saturated carbocycles. The first-order valence-corrected chi connectivity index (χ1v) is 6.31. The molecule has 19 heavy (non-hydrogen) atoms. The zero-order valence-corrected chi connectivity index (χ0v) is 10.5. The van der Waals surface area contributed by atoms with Crippen molar-refractivity contribution >= 4 is 28.1 Å². The minimum absolute atomic E-state index is 0.00587. The van der Waals surface area contributed by atoms with Crippen LogP contribution in [0.15, 0.2) is 23.6 Å². The number of aromatic nitrogens is 1. The van der Waals surface area contributed by atoms with Gasteiger partial charge in [-0.15, -0.1) is 11.3 Å². The largest absolute Gasteiger partial charge is 0.481 e. The zero-order chi connectivity index (χ0) is 13.8. The van der Waals surface area contributed by atoms with E-state index in [0.717, 1.165) is 12.1 Å². The predicted octanol–water partition coefficient (Wildman–Crippen LogP) is 3.18. The molecular formula is C12H10F2N2O2S. The number of nitrogens with one attached hydrogen (secondary N) is 1. The molecule has 0 atom stereocenters. The van der Waals surface area contributed by atoms with Gasteiger partial charge in [0.2, 0.25) is 0 Å². The molecule has 1 heterocycles. The Morgan fingerprint density at radius 1 is 1.42 bits per heavy atom. The highest BCUT2D eigenvalue weighted by Crippen LogP contribution is 2.24. The molecular weight excluding hydrogens is 274 g/mol. The minimum Gasteiger partial charge on any atom is -0.481 e. The average Bonchev–Trinajstić information content (AvgIpc) is 2.78. The van der Waals surface area contributed by atoms with Crippen LogP contribution in [0, 0.1) is 11.6 Å². The molecule has 0 unspecified atom stereocenters. The van der Waals surface area contributed by atoms with Gasteiger partial charge in [-0.05, 0) is 12.1 Å². The standard InChI is InChI=1S/C12H10F2N2O2S/c13-7-1-3-10(9(14)5-7)16-12-15-8(6-19-12)2-4-11(17)18/h1,3,5-6H,2,4H2,(H,15,16)(H,17,18). The van der Waals surface area contributed by atoms with E-state index in [9.17, 15) is 13.6 Å². The average molecular weight is 284 g/mol. The molecule has 0 bridgehead atoms. The van der Waals surface area contributed by atoms with Gasteiger partial charge < -0.3 is 10.4 Å². The Kier molecular flexibility index (Phi) is 4.06. The van der Waals surface area contributed by atoms with Gasteiger partial charge in [-0.1, -0.05) is 0 Å². The van der Waals surface area contributed by atoms with Gasteiger partial charge >= 0.3 is 5.97 Å². The van der Waals surface area contributed by atoms with Crippen molar-refractivity contribution in [3.05, 3.63) is 40.9 Å². The third-order valence-corrected chi connectivity index (χ3v) is 3.13. The Hall–Kier alpha value is -2.02. The van der Waals surface area contributed by atoms with Gasteiger partial charge in [0, 0.05) is 17.9 Å². The molecule has 2 N–H and O–H groups in total. The maximum Gasteiger partial charge on any atom is 0.303 e. The second-order valence-corrected chi connectivity index (χ2v) is 4.65. The van der Waals surface area contributed by atoms with E-state index in [1.165, 1.54) is 17.4 Å². The molecule has 7 heteroatoms. The van der Waals surface area contributed by atoms with E-state index < -0.39 is 17.6 Å². The van der Waals surface area contributed by atoms with E-state index in [1.54, 1.807) is 5.38 Å². The Morgan fingerprint density at radius 2 is 2.21 bits per heavy atom. The summed E-state index contributed by atoms with van der Waals surface area (Å²) in [6.07, 6.45) is 0.313. The Balaban J connectivity index is 2.05. The van der Waals surface area contributed by atoms with Gasteiger partial charge in [0.25, 0.3) is 0 Å². The summed E-state index contributed by atoms with van der Waals surface area (Å²) in [6.45, 7) is 0. The van der Waals surface area contributed by atoms with Crippen molar-refractivity contribution in [3.63, 3.8) is 0 Å². The van der Waals surface area contributed by atoms with Crippen LogP contribution >= 0.6 is 11.3 Å². The van der Waals surface area contributed by atoms with Crippen molar-refractivity contribution in [2.45, 2.75) is 12.8 Å². The molecule has 4 nitrogen and oxygen atoms in total. The first-order chi connectivity index (χ1) is 9.04. The molecule has 0 saturated heterocycles. The molecule has 2 aromatic rings. The molecule has 1 aromatic carbocycles. The van der Waals surface area contributed by atoms with Gasteiger partial charge in [0.15, 0.2) is 5.13 Å². The van der Waals surface area contributed by atoms with Crippen LogP contribution in [-0.2, 0) is 11.2 Å². The fourth-order valence-electron chi connectivity index (χ4n) is 1.42. The van der Waals surface area contributed by atoms with Crippen molar-refractivity contribution in [3.8, 4) is 0 Å². The van der Waals surface area contributed by atoms with Crippen molar-refractivity contribution in [2.75, 3.05) is 5.32 Å². The van der Waals surface area contributed by atoms with Gasteiger partial charge in [-0.3, -0.25) is 4.79 Å². The molecule has 2 rings (SSSR count). The molecule has 100 valence electrons. The second-order valence-electron chi connectivity index (χ2n) is 3.79. The summed E-state index contributed by atoms with van der Waals surface area (Å²) in [4.78, 5) is 14.5. The Labute approximate surface area is 111 Å². The van der Waals surface area contributed by atoms with Crippen LogP contribution in [0.1, 0.15) is 12.1 Å². The van der Waals surface area contributed by atoms with E-state index in [4.69, 9.17) is 5.11 Å². The SMILES string of the molecule is O=C(O)CCc1csc(Nc2ccc(F)cc2F)n1. The number of aryl methyl sites for hydroxylation is 1. The number of halogens is 2. The number of benzene rings is 1. The summed E-state index contributed by atoms with van der Waals surface area (Å²) in [6, 6.07) is 3.20. The first-order valence-electron chi connectivity index (χ1n) is 5.43. The monoisotopic (exact) mass is 284 g/mol. The summed E-state index contributed by atoms with van der Waals surface area (Å²) >= 11 is 1.23. The smallest absolute Gasteiger partial charge is 0.303 e. The topological polar surface area (TPSA) is 62.2 Å². The summed E-state index contributed by atoms with van der Waals surface area (Å²) in [5.74, 6) is -2.25. The quantitative estimate of drug-likeness (QED) is 0.885. The fraction of sp³-hybridized carbons (Fsp3) is 0.167. The Morgan fingerprint density at radius 3 is 2.89 bits per heavy atom. The number of anilines is 2. The van der Waals surface area contributed by atoms with Crippen molar-refractivity contribution in [2.24, 2.45) is 0 Å². The van der Waals surface area contributed by atoms with Crippen molar-refractivity contribution in [1.29, 1.82) is 0 Å². The van der Waals surface area contributed by atoms with E-state index >= 15 is 0 Å². The van der Waals surface area contributed by atoms with Crippen LogP contribution in [0.3, 0.4) is 0 Å². The Bertz CT molecular complexity index is 601. The lowest BCUT2D eigenvalue weighted by molar-refractivity contribution is -0.136. The molecule has 0 radical (unpaired) electrons. The van der Waals surface area contributed by atoms with Gasteiger partial charge in [0.05, 0.1) is 17.8 Å². The zero-order valence-electron chi connectivity index (χ0n) is 9.69. The highest BCUT2D eigenvalue weighted by atomic mass is 32.1. The third-order valence-electron chi connectivity index (χ3n) is 2.32. The number of thiazole rings is 1. The van der Waals surface area contributed by atoms with Gasteiger partial charge in [0.1, 0.15) is 11.6 Å². The number of aliphatic carboxylic acids is 1. The van der Waals surface area contributed by atoms with Crippen LogP contribution in [0.5, 0.6) is 0 Å². The number of carboxylic acid groups (broad SMARTS) is 1. The second kappa shape index (κ2) is 5.75. The number of carbonyl (C=O) groups is 1. The summed E-state index contributed by atoms with van der Waals surface area (Å²) in [5, 5.41) is 13.4. The maximum atomic E-state index is 13.4. The number of hydrogen-bond acceptors (Lipinski definition) is 4. The number of hydrogen-bond donors (Lipinski definition) is 2. The lowest BCUT2D eigenvalue weighted by Crippen LogP contribution is -1.98. The van der Waals surface area contributed by atoms with Crippen LogP contribution in [0.25, 0.3) is 0 Å². The van der Waals surface area contributed by atoms with Crippen LogP contribution in [0.2, 0.25) is 0 Å². The molecule has 0 fully saturated rings. The van der Waals surface area contributed by atoms with Crippen molar-refractivity contribution < 1.29 is 18.7 Å². The molecule has 1 aromatic heterocycles. The third kappa shape index (κ3) is 3.72. The molecule has 0 aliphatic carbocycles. The van der Waals surface area contributed by atoms with Crippen LogP contribution < -0.4 is 5.32 Å². The van der Waals surface area contributed by atoms with E-state index in [0.29, 0.717) is 17.2 Å². The van der Waals surface area contributed by atoms with Gasteiger partial charge in [-0.2, -0.15) is 0 Å².